The molecule has 1 heterocycles. The minimum absolute atomic E-state index is 0.199. The molecule has 9 heteroatoms. The van der Waals surface area contributed by atoms with Gasteiger partial charge >= 0.3 is 0 Å². The molecule has 2 aromatic carbocycles. The number of fused-ring (bicyclic) bond motifs is 1. The number of benzene rings is 2. The fourth-order valence-corrected chi connectivity index (χ4v) is 4.13. The van der Waals surface area contributed by atoms with E-state index >= 15 is 0 Å². The minimum Gasteiger partial charge on any atom is -0.495 e. The van der Waals surface area contributed by atoms with Crippen molar-refractivity contribution in [1.82, 2.24) is 0 Å². The minimum atomic E-state index is -0.559. The second-order valence-corrected chi connectivity index (χ2v) is 7.51. The molecule has 2 amide bonds. The van der Waals surface area contributed by atoms with Gasteiger partial charge in [-0.15, -0.1) is 0 Å². The van der Waals surface area contributed by atoms with Crippen molar-refractivity contribution in [3.8, 4) is 5.75 Å². The molecule has 2 aromatic rings. The van der Waals surface area contributed by atoms with Crippen molar-refractivity contribution in [3.05, 3.63) is 63.7 Å². The molecule has 0 spiro atoms. The van der Waals surface area contributed by atoms with Crippen LogP contribution >= 0.6 is 11.6 Å². The Kier molecular flexibility index (Phi) is 5.17. The number of hydrogen-bond donors (Lipinski definition) is 1. The number of halogens is 1. The van der Waals surface area contributed by atoms with Crippen LogP contribution in [0.25, 0.3) is 0 Å². The Bertz CT molecular complexity index is 1060. The summed E-state index contributed by atoms with van der Waals surface area (Å²) in [6.07, 6.45) is 4.80. The Morgan fingerprint density at radius 1 is 1.10 bits per heavy atom. The van der Waals surface area contributed by atoms with Gasteiger partial charge in [0.25, 0.3) is 5.69 Å². The topological polar surface area (TPSA) is 102 Å². The summed E-state index contributed by atoms with van der Waals surface area (Å²) in [6, 6.07) is 9.15. The number of methoxy groups -OCH3 is 1. The van der Waals surface area contributed by atoms with Crippen LogP contribution in [-0.4, -0.2) is 23.8 Å². The highest BCUT2D eigenvalue weighted by Gasteiger charge is 2.48. The fraction of sp³-hybridized carbons (Fsp3) is 0.238. The molecule has 1 N–H and O–H groups in total. The average molecular weight is 428 g/mol. The largest absolute Gasteiger partial charge is 0.495 e. The smallest absolute Gasteiger partial charge is 0.294 e. The first-order valence-corrected chi connectivity index (χ1v) is 9.70. The highest BCUT2D eigenvalue weighted by molar-refractivity contribution is 6.32. The van der Waals surface area contributed by atoms with Gasteiger partial charge in [0.15, 0.2) is 0 Å². The second kappa shape index (κ2) is 7.79. The van der Waals surface area contributed by atoms with E-state index in [0.29, 0.717) is 29.3 Å². The van der Waals surface area contributed by atoms with Crippen molar-refractivity contribution in [2.45, 2.75) is 12.8 Å². The maximum absolute atomic E-state index is 12.8. The lowest BCUT2D eigenvalue weighted by Crippen LogP contribution is -2.30. The molecule has 0 unspecified atom stereocenters. The van der Waals surface area contributed by atoms with Crippen molar-refractivity contribution in [2.24, 2.45) is 11.8 Å². The molecule has 1 aliphatic heterocycles. The van der Waals surface area contributed by atoms with Crippen LogP contribution in [0.15, 0.2) is 48.6 Å². The van der Waals surface area contributed by atoms with Gasteiger partial charge in [-0.05, 0) is 43.2 Å². The summed E-state index contributed by atoms with van der Waals surface area (Å²) in [5.41, 5.74) is 0.683. The predicted molar refractivity (Wildman–Crippen MR) is 112 cm³/mol. The van der Waals surface area contributed by atoms with E-state index in [2.05, 4.69) is 5.32 Å². The number of nitrogens with zero attached hydrogens (tertiary/aromatic N) is 2. The first kappa shape index (κ1) is 19.9. The standard InChI is InChI=1S/C21H18ClN3O5/c1-30-19-9-6-12(10-16(19)22)23-17-8-7-13(11-18(17)25(28)29)24-20(26)14-4-2-3-5-15(14)21(24)27/h2-3,6-11,14-15,23H,4-5H2,1H3/t14-,15-/m1/s1. The van der Waals surface area contributed by atoms with Crippen LogP contribution in [0.4, 0.5) is 22.7 Å². The summed E-state index contributed by atoms with van der Waals surface area (Å²) in [5.74, 6) is -0.951. The zero-order valence-electron chi connectivity index (χ0n) is 16.0. The third-order valence-electron chi connectivity index (χ3n) is 5.37. The fourth-order valence-electron chi connectivity index (χ4n) is 3.87. The summed E-state index contributed by atoms with van der Waals surface area (Å²) in [4.78, 5) is 37.7. The SMILES string of the molecule is COc1ccc(Nc2ccc(N3C(=O)[C@@H]4CC=CC[C@H]4C3=O)cc2[N+](=O)[O-])cc1Cl. The number of nitrogens with one attached hydrogen (secondary N) is 1. The highest BCUT2D eigenvalue weighted by atomic mass is 35.5. The number of allylic oxidation sites excluding steroid dienone is 2. The van der Waals surface area contributed by atoms with Crippen LogP contribution < -0.4 is 15.0 Å². The van der Waals surface area contributed by atoms with E-state index in [0.717, 1.165) is 4.90 Å². The molecule has 154 valence electrons. The van der Waals surface area contributed by atoms with Crippen molar-refractivity contribution >= 4 is 46.2 Å². The molecule has 30 heavy (non-hydrogen) atoms. The van der Waals surface area contributed by atoms with Gasteiger partial charge in [0, 0.05) is 11.8 Å². The first-order valence-electron chi connectivity index (χ1n) is 9.32. The molecule has 8 nitrogen and oxygen atoms in total. The van der Waals surface area contributed by atoms with Crippen molar-refractivity contribution in [1.29, 1.82) is 0 Å². The molecule has 0 radical (unpaired) electrons. The Morgan fingerprint density at radius 2 is 1.77 bits per heavy atom. The zero-order chi connectivity index (χ0) is 21.4. The van der Waals surface area contributed by atoms with Crippen molar-refractivity contribution < 1.29 is 19.2 Å². The maximum Gasteiger partial charge on any atom is 0.294 e. The van der Waals surface area contributed by atoms with E-state index < -0.39 is 16.8 Å². The summed E-state index contributed by atoms with van der Waals surface area (Å²) >= 11 is 6.12. The molecule has 0 saturated carbocycles. The molecule has 1 aliphatic carbocycles. The number of nitro benzene ring substituents is 1. The van der Waals surface area contributed by atoms with Crippen LogP contribution in [0.1, 0.15) is 12.8 Å². The lowest BCUT2D eigenvalue weighted by Gasteiger charge is -2.16. The summed E-state index contributed by atoms with van der Waals surface area (Å²) in [5, 5.41) is 15.0. The average Bonchev–Trinajstić information content (AvgIpc) is 2.99. The zero-order valence-corrected chi connectivity index (χ0v) is 16.8. The predicted octanol–water partition coefficient (Wildman–Crippen LogP) is 4.46. The lowest BCUT2D eigenvalue weighted by molar-refractivity contribution is -0.383. The molecular weight excluding hydrogens is 410 g/mol. The quantitative estimate of drug-likeness (QED) is 0.327. The number of amides is 2. The molecular formula is C21H18ClN3O5. The van der Waals surface area contributed by atoms with Crippen molar-refractivity contribution in [3.63, 3.8) is 0 Å². The molecule has 2 atom stereocenters. The number of carbonyl (C=O) groups is 2. The first-order chi connectivity index (χ1) is 14.4. The highest BCUT2D eigenvalue weighted by Crippen LogP contribution is 2.40. The van der Waals surface area contributed by atoms with Gasteiger partial charge in [-0.25, -0.2) is 4.90 Å². The Morgan fingerprint density at radius 3 is 2.33 bits per heavy atom. The molecule has 0 aromatic heterocycles. The van der Waals surface area contributed by atoms with E-state index in [1.807, 2.05) is 12.2 Å². The molecule has 4 rings (SSSR count). The second-order valence-electron chi connectivity index (χ2n) is 7.10. The number of ether oxygens (including phenoxy) is 1. The van der Waals surface area contributed by atoms with Gasteiger partial charge in [0.05, 0.1) is 34.6 Å². The summed E-state index contributed by atoms with van der Waals surface area (Å²) in [7, 11) is 1.49. The monoisotopic (exact) mass is 427 g/mol. The number of anilines is 3. The summed E-state index contributed by atoms with van der Waals surface area (Å²) in [6.45, 7) is 0. The van der Waals surface area contributed by atoms with Gasteiger partial charge in [0.2, 0.25) is 11.8 Å². The van der Waals surface area contributed by atoms with Crippen LogP contribution in [0.2, 0.25) is 5.02 Å². The van der Waals surface area contributed by atoms with E-state index in [4.69, 9.17) is 16.3 Å². The van der Waals surface area contributed by atoms with E-state index in [-0.39, 0.29) is 28.9 Å². The number of nitro groups is 1. The normalized spacial score (nSPS) is 20.3. The maximum atomic E-state index is 12.8. The van der Waals surface area contributed by atoms with E-state index in [1.54, 1.807) is 18.2 Å². The Labute approximate surface area is 177 Å². The number of carbonyl (C=O) groups excluding carboxylic acids is 2. The third-order valence-corrected chi connectivity index (χ3v) is 5.67. The van der Waals surface area contributed by atoms with Crippen LogP contribution in [0.3, 0.4) is 0 Å². The van der Waals surface area contributed by atoms with Gasteiger partial charge < -0.3 is 10.1 Å². The van der Waals surface area contributed by atoms with Crippen molar-refractivity contribution in [2.75, 3.05) is 17.3 Å². The number of rotatable bonds is 5. The van der Waals surface area contributed by atoms with E-state index in [1.165, 1.54) is 25.3 Å². The van der Waals surface area contributed by atoms with Gasteiger partial charge in [0.1, 0.15) is 11.4 Å². The molecule has 1 fully saturated rings. The van der Waals surface area contributed by atoms with Crippen LogP contribution in [0.5, 0.6) is 5.75 Å². The lowest BCUT2D eigenvalue weighted by atomic mass is 9.85. The number of imide groups is 1. The van der Waals surface area contributed by atoms with Crippen LogP contribution in [0, 0.1) is 22.0 Å². The molecule has 1 saturated heterocycles. The third kappa shape index (κ3) is 3.39. The molecule has 2 aliphatic rings. The van der Waals surface area contributed by atoms with Gasteiger partial charge in [-0.3, -0.25) is 19.7 Å². The summed E-state index contributed by atoms with van der Waals surface area (Å²) < 4.78 is 5.10. The van der Waals surface area contributed by atoms with E-state index in [9.17, 15) is 19.7 Å². The number of hydrogen-bond acceptors (Lipinski definition) is 6. The Balaban J connectivity index is 1.66. The van der Waals surface area contributed by atoms with Gasteiger partial charge in [-0.1, -0.05) is 23.8 Å². The van der Waals surface area contributed by atoms with Gasteiger partial charge in [-0.2, -0.15) is 0 Å². The Hall–Kier alpha value is -3.39. The molecule has 0 bridgehead atoms. The van der Waals surface area contributed by atoms with Crippen LogP contribution in [-0.2, 0) is 9.59 Å².